The lowest BCUT2D eigenvalue weighted by Gasteiger charge is -2.14. The van der Waals surface area contributed by atoms with Gasteiger partial charge in [0.25, 0.3) is 0 Å². The Labute approximate surface area is 118 Å². The highest BCUT2D eigenvalue weighted by atomic mass is 32.1. The lowest BCUT2D eigenvalue weighted by atomic mass is 10.1. The predicted molar refractivity (Wildman–Crippen MR) is 70.5 cm³/mol. The van der Waals surface area contributed by atoms with E-state index in [0.717, 1.165) is 11.3 Å². The summed E-state index contributed by atoms with van der Waals surface area (Å²) >= 11 is 1.52. The zero-order valence-electron chi connectivity index (χ0n) is 10.6. The summed E-state index contributed by atoms with van der Waals surface area (Å²) in [5.41, 5.74) is 3.58. The quantitative estimate of drug-likeness (QED) is 0.909. The van der Waals surface area contributed by atoms with Crippen LogP contribution in [0.2, 0.25) is 0 Å². The maximum Gasteiger partial charge on any atom is 0.573 e. The van der Waals surface area contributed by atoms with Crippen LogP contribution in [0.4, 0.5) is 13.2 Å². The molecule has 1 aromatic heterocycles. The number of nitrogens with zero attached hydrogens (tertiary/aromatic N) is 1. The molecule has 20 heavy (non-hydrogen) atoms. The standard InChI is InChI=1S/C13H13F3N2OS/c1-9(17-6-11-7-20-8-18-11)10-2-4-12(5-3-10)19-13(14,15)16/h2-5,7-9,17H,6H2,1H3. The Hall–Kier alpha value is -1.60. The molecule has 0 saturated heterocycles. The van der Waals surface area contributed by atoms with Crippen molar-refractivity contribution in [2.24, 2.45) is 0 Å². The van der Waals surface area contributed by atoms with Crippen molar-refractivity contribution in [1.82, 2.24) is 10.3 Å². The molecular formula is C13H13F3N2OS. The van der Waals surface area contributed by atoms with E-state index < -0.39 is 6.36 Å². The molecular weight excluding hydrogens is 289 g/mol. The predicted octanol–water partition coefficient (Wildman–Crippen LogP) is 3.89. The number of rotatable bonds is 5. The third-order valence-corrected chi connectivity index (χ3v) is 3.32. The van der Waals surface area contributed by atoms with Gasteiger partial charge in [0.1, 0.15) is 5.75 Å². The minimum Gasteiger partial charge on any atom is -0.406 e. The molecule has 1 aromatic carbocycles. The van der Waals surface area contributed by atoms with Crippen LogP contribution >= 0.6 is 11.3 Å². The van der Waals surface area contributed by atoms with E-state index in [4.69, 9.17) is 0 Å². The van der Waals surface area contributed by atoms with E-state index in [0.29, 0.717) is 6.54 Å². The summed E-state index contributed by atoms with van der Waals surface area (Å²) in [6.07, 6.45) is -4.66. The summed E-state index contributed by atoms with van der Waals surface area (Å²) in [5, 5.41) is 5.19. The molecule has 0 fully saturated rings. The van der Waals surface area contributed by atoms with E-state index in [-0.39, 0.29) is 11.8 Å². The molecule has 0 amide bonds. The number of hydrogen-bond acceptors (Lipinski definition) is 4. The summed E-state index contributed by atoms with van der Waals surface area (Å²) in [6.45, 7) is 2.55. The highest BCUT2D eigenvalue weighted by Crippen LogP contribution is 2.24. The van der Waals surface area contributed by atoms with Crippen molar-refractivity contribution >= 4 is 11.3 Å². The normalized spacial score (nSPS) is 13.2. The van der Waals surface area contributed by atoms with Gasteiger partial charge in [0.05, 0.1) is 11.2 Å². The number of ether oxygens (including phenoxy) is 1. The van der Waals surface area contributed by atoms with Crippen molar-refractivity contribution in [1.29, 1.82) is 0 Å². The molecule has 7 heteroatoms. The van der Waals surface area contributed by atoms with Crippen LogP contribution in [0.25, 0.3) is 0 Å². The van der Waals surface area contributed by atoms with Crippen LogP contribution in [-0.4, -0.2) is 11.3 Å². The first kappa shape index (κ1) is 14.8. The van der Waals surface area contributed by atoms with Crippen LogP contribution < -0.4 is 10.1 Å². The number of halogens is 3. The zero-order valence-corrected chi connectivity index (χ0v) is 11.5. The molecule has 108 valence electrons. The van der Waals surface area contributed by atoms with Gasteiger partial charge in [0.15, 0.2) is 0 Å². The van der Waals surface area contributed by atoms with Gasteiger partial charge in [-0.1, -0.05) is 12.1 Å². The second-order valence-corrected chi connectivity index (χ2v) is 4.92. The van der Waals surface area contributed by atoms with Gasteiger partial charge in [-0.3, -0.25) is 0 Å². The molecule has 3 nitrogen and oxygen atoms in total. The second-order valence-electron chi connectivity index (χ2n) is 4.20. The summed E-state index contributed by atoms with van der Waals surface area (Å²) in [7, 11) is 0. The number of aromatic nitrogens is 1. The van der Waals surface area contributed by atoms with Gasteiger partial charge >= 0.3 is 6.36 Å². The van der Waals surface area contributed by atoms with Gasteiger partial charge in [0.2, 0.25) is 0 Å². The fraction of sp³-hybridized carbons (Fsp3) is 0.308. The first-order valence-electron chi connectivity index (χ1n) is 5.90. The van der Waals surface area contributed by atoms with Crippen molar-refractivity contribution in [3.05, 3.63) is 46.4 Å². The Morgan fingerprint density at radius 3 is 2.55 bits per heavy atom. The van der Waals surface area contributed by atoms with E-state index in [1.165, 1.54) is 23.5 Å². The fourth-order valence-electron chi connectivity index (χ4n) is 1.66. The van der Waals surface area contributed by atoms with Crippen LogP contribution in [0.15, 0.2) is 35.2 Å². The molecule has 2 aromatic rings. The topological polar surface area (TPSA) is 34.2 Å². The third-order valence-electron chi connectivity index (χ3n) is 2.69. The molecule has 0 aliphatic heterocycles. The summed E-state index contributed by atoms with van der Waals surface area (Å²) < 4.78 is 39.9. The zero-order chi connectivity index (χ0) is 14.6. The van der Waals surface area contributed by atoms with Crippen LogP contribution in [0.5, 0.6) is 5.75 Å². The second kappa shape index (κ2) is 6.23. The molecule has 0 aliphatic carbocycles. The maximum absolute atomic E-state index is 12.0. The Morgan fingerprint density at radius 1 is 1.30 bits per heavy atom. The Balaban J connectivity index is 1.91. The first-order valence-corrected chi connectivity index (χ1v) is 6.84. The SMILES string of the molecule is CC(NCc1cscn1)c1ccc(OC(F)(F)F)cc1. The van der Waals surface area contributed by atoms with E-state index >= 15 is 0 Å². The van der Waals surface area contributed by atoms with E-state index in [2.05, 4.69) is 15.0 Å². The van der Waals surface area contributed by atoms with E-state index in [1.54, 1.807) is 17.6 Å². The first-order chi connectivity index (χ1) is 9.44. The van der Waals surface area contributed by atoms with E-state index in [9.17, 15) is 13.2 Å². The van der Waals surface area contributed by atoms with Gasteiger partial charge in [-0.15, -0.1) is 24.5 Å². The van der Waals surface area contributed by atoms with Crippen molar-refractivity contribution in [2.75, 3.05) is 0 Å². The van der Waals surface area contributed by atoms with Crippen molar-refractivity contribution < 1.29 is 17.9 Å². The highest BCUT2D eigenvalue weighted by molar-refractivity contribution is 7.07. The molecule has 1 N–H and O–H groups in total. The number of alkyl halides is 3. The summed E-state index contributed by atoms with van der Waals surface area (Å²) in [6, 6.07) is 5.85. The Bertz CT molecular complexity index is 526. The van der Waals surface area contributed by atoms with Crippen LogP contribution in [0.1, 0.15) is 24.2 Å². The van der Waals surface area contributed by atoms with Crippen molar-refractivity contribution in [3.63, 3.8) is 0 Å². The number of benzene rings is 1. The van der Waals surface area contributed by atoms with Gasteiger partial charge in [-0.05, 0) is 24.6 Å². The molecule has 0 radical (unpaired) electrons. The molecule has 1 heterocycles. The molecule has 0 spiro atoms. The average Bonchev–Trinajstić information content (AvgIpc) is 2.88. The number of thiazole rings is 1. The lowest BCUT2D eigenvalue weighted by Crippen LogP contribution is -2.19. The Kier molecular flexibility index (Phi) is 4.61. The molecule has 2 rings (SSSR count). The third kappa shape index (κ3) is 4.50. The van der Waals surface area contributed by atoms with Crippen LogP contribution in [0, 0.1) is 0 Å². The maximum atomic E-state index is 12.0. The monoisotopic (exact) mass is 302 g/mol. The fourth-order valence-corrected chi connectivity index (χ4v) is 2.22. The molecule has 1 unspecified atom stereocenters. The van der Waals surface area contributed by atoms with Crippen LogP contribution in [-0.2, 0) is 6.54 Å². The largest absolute Gasteiger partial charge is 0.573 e. The van der Waals surface area contributed by atoms with Gasteiger partial charge in [0, 0.05) is 18.0 Å². The minimum atomic E-state index is -4.66. The molecule has 0 saturated carbocycles. The van der Waals surface area contributed by atoms with E-state index in [1.807, 2.05) is 12.3 Å². The minimum absolute atomic E-state index is 0.0108. The lowest BCUT2D eigenvalue weighted by molar-refractivity contribution is -0.274. The van der Waals surface area contributed by atoms with Gasteiger partial charge in [-0.2, -0.15) is 0 Å². The molecule has 1 atom stereocenters. The average molecular weight is 302 g/mol. The molecule has 0 bridgehead atoms. The Morgan fingerprint density at radius 2 is 2.00 bits per heavy atom. The number of nitrogens with one attached hydrogen (secondary N) is 1. The molecule has 0 aliphatic rings. The highest BCUT2D eigenvalue weighted by Gasteiger charge is 2.30. The number of hydrogen-bond donors (Lipinski definition) is 1. The van der Waals surface area contributed by atoms with Gasteiger partial charge in [-0.25, -0.2) is 4.98 Å². The van der Waals surface area contributed by atoms with Crippen LogP contribution in [0.3, 0.4) is 0 Å². The van der Waals surface area contributed by atoms with Crippen molar-refractivity contribution in [2.45, 2.75) is 25.9 Å². The summed E-state index contributed by atoms with van der Waals surface area (Å²) in [4.78, 5) is 4.15. The summed E-state index contributed by atoms with van der Waals surface area (Å²) in [5.74, 6) is -0.215. The van der Waals surface area contributed by atoms with Crippen molar-refractivity contribution in [3.8, 4) is 5.75 Å². The smallest absolute Gasteiger partial charge is 0.406 e. The van der Waals surface area contributed by atoms with Gasteiger partial charge < -0.3 is 10.1 Å².